The molecule has 1 fully saturated rings. The van der Waals surface area contributed by atoms with Gasteiger partial charge in [-0.25, -0.2) is 0 Å². The lowest BCUT2D eigenvalue weighted by atomic mass is 9.90. The van der Waals surface area contributed by atoms with Gasteiger partial charge < -0.3 is 31.0 Å². The number of benzene rings is 1. The summed E-state index contributed by atoms with van der Waals surface area (Å²) in [6, 6.07) is 6.98. The second-order valence-corrected chi connectivity index (χ2v) is 6.35. The minimum atomic E-state index is -0.00200. The lowest BCUT2D eigenvalue weighted by molar-refractivity contribution is -0.0442. The van der Waals surface area contributed by atoms with Crippen LogP contribution in [0.5, 0.6) is 5.75 Å². The number of anilines is 1. The van der Waals surface area contributed by atoms with Crippen LogP contribution in [0.3, 0.4) is 0 Å². The SMILES string of the molecule is COC1COCCC1c1[nH]c(N)c(/C=C(\N)c2ccccc2O)c1C. The molecule has 6 heteroatoms. The van der Waals surface area contributed by atoms with Gasteiger partial charge in [0.05, 0.1) is 12.7 Å². The fourth-order valence-electron chi connectivity index (χ4n) is 3.44. The van der Waals surface area contributed by atoms with Crippen LogP contribution in [0.15, 0.2) is 24.3 Å². The van der Waals surface area contributed by atoms with Crippen molar-refractivity contribution in [3.63, 3.8) is 0 Å². The van der Waals surface area contributed by atoms with E-state index >= 15 is 0 Å². The van der Waals surface area contributed by atoms with Gasteiger partial charge in [-0.3, -0.25) is 0 Å². The number of hydrogen-bond donors (Lipinski definition) is 4. The van der Waals surface area contributed by atoms with E-state index in [-0.39, 0.29) is 17.8 Å². The first-order chi connectivity index (χ1) is 12.0. The van der Waals surface area contributed by atoms with Crippen molar-refractivity contribution in [2.75, 3.05) is 26.1 Å². The first kappa shape index (κ1) is 17.4. The monoisotopic (exact) mass is 343 g/mol. The van der Waals surface area contributed by atoms with Crippen LogP contribution in [0.2, 0.25) is 0 Å². The Bertz CT molecular complexity index is 782. The van der Waals surface area contributed by atoms with Crippen molar-refractivity contribution in [1.29, 1.82) is 0 Å². The lowest BCUT2D eigenvalue weighted by Gasteiger charge is -2.30. The van der Waals surface area contributed by atoms with E-state index in [1.54, 1.807) is 31.4 Å². The summed E-state index contributed by atoms with van der Waals surface area (Å²) in [7, 11) is 1.70. The molecule has 0 amide bonds. The summed E-state index contributed by atoms with van der Waals surface area (Å²) in [5.74, 6) is 0.911. The molecule has 3 rings (SSSR count). The predicted octanol–water partition coefficient (Wildman–Crippen LogP) is 2.59. The number of para-hydroxylation sites is 1. The Labute approximate surface area is 147 Å². The molecule has 2 unspecified atom stereocenters. The topological polar surface area (TPSA) is 107 Å². The van der Waals surface area contributed by atoms with Crippen molar-refractivity contribution < 1.29 is 14.6 Å². The van der Waals surface area contributed by atoms with Crippen LogP contribution in [0.4, 0.5) is 5.82 Å². The van der Waals surface area contributed by atoms with Gasteiger partial charge in [0.2, 0.25) is 0 Å². The average Bonchev–Trinajstić information content (AvgIpc) is 2.90. The van der Waals surface area contributed by atoms with Gasteiger partial charge in [0.1, 0.15) is 11.6 Å². The number of nitrogen functional groups attached to an aromatic ring is 1. The van der Waals surface area contributed by atoms with Gasteiger partial charge in [0.15, 0.2) is 0 Å². The number of nitrogens with one attached hydrogen (secondary N) is 1. The maximum Gasteiger partial charge on any atom is 0.124 e. The molecular formula is C19H25N3O3. The quantitative estimate of drug-likeness (QED) is 0.683. The summed E-state index contributed by atoms with van der Waals surface area (Å²) in [6.07, 6.45) is 2.68. The zero-order chi connectivity index (χ0) is 18.0. The Morgan fingerprint density at radius 2 is 2.16 bits per heavy atom. The number of H-pyrrole nitrogens is 1. The van der Waals surface area contributed by atoms with Crippen molar-refractivity contribution in [2.24, 2.45) is 5.73 Å². The number of phenols is 1. The van der Waals surface area contributed by atoms with E-state index in [1.165, 1.54) is 0 Å². The highest BCUT2D eigenvalue weighted by atomic mass is 16.5. The van der Waals surface area contributed by atoms with E-state index in [4.69, 9.17) is 20.9 Å². The highest BCUT2D eigenvalue weighted by molar-refractivity contribution is 5.85. The fraction of sp³-hybridized carbons (Fsp3) is 0.368. The lowest BCUT2D eigenvalue weighted by Crippen LogP contribution is -2.32. The van der Waals surface area contributed by atoms with Crippen LogP contribution < -0.4 is 11.5 Å². The molecule has 1 aromatic heterocycles. The number of methoxy groups -OCH3 is 1. The molecule has 0 bridgehead atoms. The zero-order valence-electron chi connectivity index (χ0n) is 14.6. The third-order valence-electron chi connectivity index (χ3n) is 4.86. The Morgan fingerprint density at radius 3 is 2.88 bits per heavy atom. The minimum Gasteiger partial charge on any atom is -0.507 e. The highest BCUT2D eigenvalue weighted by Crippen LogP contribution is 2.35. The molecule has 0 radical (unpaired) electrons. The van der Waals surface area contributed by atoms with Gasteiger partial charge in [-0.05, 0) is 37.1 Å². The summed E-state index contributed by atoms with van der Waals surface area (Å²) in [5, 5.41) is 9.98. The average molecular weight is 343 g/mol. The van der Waals surface area contributed by atoms with Crippen molar-refractivity contribution >= 4 is 17.6 Å². The number of hydrogen-bond acceptors (Lipinski definition) is 5. The number of phenolic OH excluding ortho intramolecular Hbond substituents is 1. The highest BCUT2D eigenvalue weighted by Gasteiger charge is 2.30. The zero-order valence-corrected chi connectivity index (χ0v) is 14.6. The second kappa shape index (κ2) is 7.21. The van der Waals surface area contributed by atoms with Crippen LogP contribution in [0, 0.1) is 6.92 Å². The Balaban J connectivity index is 1.97. The van der Waals surface area contributed by atoms with Gasteiger partial charge >= 0.3 is 0 Å². The van der Waals surface area contributed by atoms with Gasteiger partial charge in [-0.2, -0.15) is 0 Å². The smallest absolute Gasteiger partial charge is 0.124 e. The second-order valence-electron chi connectivity index (χ2n) is 6.35. The molecule has 1 aliphatic rings. The number of aromatic hydroxyl groups is 1. The fourth-order valence-corrected chi connectivity index (χ4v) is 3.44. The van der Waals surface area contributed by atoms with Crippen LogP contribution in [-0.2, 0) is 9.47 Å². The third-order valence-corrected chi connectivity index (χ3v) is 4.86. The molecule has 2 aromatic rings. The molecule has 0 aliphatic carbocycles. The molecule has 1 aromatic carbocycles. The van der Waals surface area contributed by atoms with Crippen molar-refractivity contribution in [1.82, 2.24) is 4.98 Å². The number of rotatable bonds is 4. The molecule has 1 aliphatic heterocycles. The van der Waals surface area contributed by atoms with Gasteiger partial charge in [-0.15, -0.1) is 0 Å². The van der Waals surface area contributed by atoms with E-state index in [1.807, 2.05) is 13.0 Å². The van der Waals surface area contributed by atoms with Crippen molar-refractivity contribution in [3.05, 3.63) is 46.6 Å². The van der Waals surface area contributed by atoms with Gasteiger partial charge in [-0.1, -0.05) is 12.1 Å². The third kappa shape index (κ3) is 3.36. The maximum atomic E-state index is 9.98. The number of aromatic nitrogens is 1. The largest absolute Gasteiger partial charge is 0.507 e. The summed E-state index contributed by atoms with van der Waals surface area (Å²) in [6.45, 7) is 3.30. The van der Waals surface area contributed by atoms with Crippen molar-refractivity contribution in [3.8, 4) is 5.75 Å². The predicted molar refractivity (Wildman–Crippen MR) is 99.1 cm³/mol. The first-order valence-corrected chi connectivity index (χ1v) is 8.37. The Morgan fingerprint density at radius 1 is 1.40 bits per heavy atom. The van der Waals surface area contributed by atoms with Crippen LogP contribution in [0.1, 0.15) is 34.7 Å². The van der Waals surface area contributed by atoms with E-state index in [2.05, 4.69) is 4.98 Å². The molecule has 6 N–H and O–H groups in total. The Kier molecular flexibility index (Phi) is 5.01. The maximum absolute atomic E-state index is 9.98. The molecule has 0 spiro atoms. The van der Waals surface area contributed by atoms with Gasteiger partial charge in [0, 0.05) is 42.2 Å². The molecule has 25 heavy (non-hydrogen) atoms. The van der Waals surface area contributed by atoms with Crippen LogP contribution in [-0.4, -0.2) is 36.5 Å². The molecule has 2 atom stereocenters. The molecule has 2 heterocycles. The summed E-state index contributed by atoms with van der Waals surface area (Å²) < 4.78 is 11.1. The summed E-state index contributed by atoms with van der Waals surface area (Å²) in [5.41, 5.74) is 16.4. The van der Waals surface area contributed by atoms with Crippen LogP contribution in [0.25, 0.3) is 11.8 Å². The minimum absolute atomic E-state index is 0.00200. The van der Waals surface area contributed by atoms with E-state index in [0.29, 0.717) is 30.3 Å². The van der Waals surface area contributed by atoms with E-state index in [9.17, 15) is 5.11 Å². The Hall–Kier alpha value is -2.44. The molecule has 0 saturated carbocycles. The number of nitrogens with two attached hydrogens (primary N) is 2. The van der Waals surface area contributed by atoms with Gasteiger partial charge in [0.25, 0.3) is 0 Å². The number of aromatic amines is 1. The molecule has 134 valence electrons. The standard InChI is InChI=1S/C19H25N3O3/c1-11-14(9-15(20)12-5-3-4-6-16(12)23)19(21)22-18(11)13-7-8-25-10-17(13)24-2/h3-6,9,13,17,22-23H,7-8,10,20-21H2,1-2H3/b15-9-. The summed E-state index contributed by atoms with van der Waals surface area (Å²) >= 11 is 0. The number of ether oxygens (including phenoxy) is 2. The molecule has 1 saturated heterocycles. The molecule has 6 nitrogen and oxygen atoms in total. The normalized spacial score (nSPS) is 21.4. The summed E-state index contributed by atoms with van der Waals surface area (Å²) in [4.78, 5) is 3.30. The molecular weight excluding hydrogens is 318 g/mol. The van der Waals surface area contributed by atoms with E-state index < -0.39 is 0 Å². The van der Waals surface area contributed by atoms with Crippen LogP contribution >= 0.6 is 0 Å². The first-order valence-electron chi connectivity index (χ1n) is 8.37. The van der Waals surface area contributed by atoms with Crippen molar-refractivity contribution in [2.45, 2.75) is 25.4 Å². The van der Waals surface area contributed by atoms with E-state index in [0.717, 1.165) is 23.2 Å².